The molecule has 27 heavy (non-hydrogen) atoms. The maximum absolute atomic E-state index is 13.6. The Morgan fingerprint density at radius 3 is 2.56 bits per heavy atom. The molecule has 0 radical (unpaired) electrons. The minimum Gasteiger partial charge on any atom is -0.767 e. The molecule has 0 spiro atoms. The Kier molecular flexibility index (Phi) is 5.04. The third-order valence-corrected chi connectivity index (χ3v) is 4.23. The van der Waals surface area contributed by atoms with Crippen LogP contribution in [0.25, 0.3) is 11.1 Å². The molecule has 0 fully saturated rings. The van der Waals surface area contributed by atoms with Crippen molar-refractivity contribution in [2.75, 3.05) is 11.1 Å². The van der Waals surface area contributed by atoms with E-state index in [0.29, 0.717) is 0 Å². The number of aromatic nitrogens is 4. The van der Waals surface area contributed by atoms with Crippen molar-refractivity contribution in [3.05, 3.63) is 41.0 Å². The van der Waals surface area contributed by atoms with E-state index in [4.69, 9.17) is 17.3 Å². The van der Waals surface area contributed by atoms with Gasteiger partial charge in [0.25, 0.3) is 0 Å². The highest BCUT2D eigenvalue weighted by molar-refractivity contribution is 7.79. The Balaban J connectivity index is 2.09. The van der Waals surface area contributed by atoms with Crippen molar-refractivity contribution in [2.45, 2.75) is 11.2 Å². The predicted octanol–water partition coefficient (Wildman–Crippen LogP) is 3.10. The topological polar surface area (TPSA) is 133 Å². The number of nitrogens with zero attached hydrogens (tertiary/aromatic N) is 3. The lowest BCUT2D eigenvalue weighted by Crippen LogP contribution is -2.09. The molecule has 0 aliphatic carbocycles. The number of anilines is 3. The molecule has 4 N–H and O–H groups in total. The van der Waals surface area contributed by atoms with Gasteiger partial charge >= 0.3 is 6.18 Å². The first-order valence-electron chi connectivity index (χ1n) is 7.06. The molecule has 3 rings (SSSR count). The van der Waals surface area contributed by atoms with Gasteiger partial charge in [0.2, 0.25) is 11.9 Å². The fraction of sp³-hybridized carbons (Fsp3) is 0.0714. The summed E-state index contributed by atoms with van der Waals surface area (Å²) in [5.74, 6) is -0.0495. The molecule has 0 saturated heterocycles. The van der Waals surface area contributed by atoms with Gasteiger partial charge in [-0.1, -0.05) is 17.7 Å². The first-order chi connectivity index (χ1) is 12.6. The van der Waals surface area contributed by atoms with E-state index in [0.717, 1.165) is 18.3 Å². The van der Waals surface area contributed by atoms with Gasteiger partial charge in [0.15, 0.2) is 0 Å². The van der Waals surface area contributed by atoms with Crippen LogP contribution in [-0.4, -0.2) is 28.9 Å². The summed E-state index contributed by atoms with van der Waals surface area (Å²) in [6.45, 7) is 0. The lowest BCUT2D eigenvalue weighted by molar-refractivity contribution is -0.137. The molecule has 0 aliphatic rings. The summed E-state index contributed by atoms with van der Waals surface area (Å²) in [4.78, 5) is 7.36. The van der Waals surface area contributed by atoms with Gasteiger partial charge in [-0.15, -0.1) is 5.10 Å². The molecule has 0 amide bonds. The quantitative estimate of drug-likeness (QED) is 0.555. The van der Waals surface area contributed by atoms with Crippen molar-refractivity contribution in [2.24, 2.45) is 0 Å². The number of halogens is 4. The van der Waals surface area contributed by atoms with Gasteiger partial charge in [-0.2, -0.15) is 18.2 Å². The second kappa shape index (κ2) is 7.13. The summed E-state index contributed by atoms with van der Waals surface area (Å²) < 4.78 is 62.5. The molecule has 1 aromatic carbocycles. The van der Waals surface area contributed by atoms with Crippen molar-refractivity contribution in [1.29, 1.82) is 0 Å². The van der Waals surface area contributed by atoms with Gasteiger partial charge in [-0.05, 0) is 29.3 Å². The zero-order valence-corrected chi connectivity index (χ0v) is 14.6. The Morgan fingerprint density at radius 1 is 1.30 bits per heavy atom. The minimum absolute atomic E-state index is 0.00946. The second-order valence-corrected chi connectivity index (χ2v) is 6.46. The number of hydrogen-bond acceptors (Lipinski definition) is 7. The van der Waals surface area contributed by atoms with Crippen LogP contribution >= 0.6 is 11.6 Å². The van der Waals surface area contributed by atoms with Crippen LogP contribution in [0.3, 0.4) is 0 Å². The van der Waals surface area contributed by atoms with Crippen molar-refractivity contribution in [1.82, 2.24) is 20.2 Å². The number of aromatic amines is 1. The second-order valence-electron chi connectivity index (χ2n) is 5.17. The third-order valence-electron chi connectivity index (χ3n) is 3.35. The SMILES string of the molecule is Nc1nc(Nc2cc(Cl)c(-c3ccc(S(=O)[O-])nc3)c(C(F)(F)F)c2)n[nH]1. The number of nitrogens with two attached hydrogens (primary N) is 1. The summed E-state index contributed by atoms with van der Waals surface area (Å²) in [6, 6.07) is 4.35. The van der Waals surface area contributed by atoms with E-state index in [1.54, 1.807) is 0 Å². The Hall–Kier alpha value is -2.70. The number of nitrogens with one attached hydrogen (secondary N) is 2. The summed E-state index contributed by atoms with van der Waals surface area (Å²) in [5.41, 5.74) is 3.99. The van der Waals surface area contributed by atoms with Crippen molar-refractivity contribution < 1.29 is 21.9 Å². The highest BCUT2D eigenvalue weighted by atomic mass is 35.5. The van der Waals surface area contributed by atoms with Gasteiger partial charge in [0.1, 0.15) is 5.03 Å². The lowest BCUT2D eigenvalue weighted by Gasteiger charge is -2.17. The van der Waals surface area contributed by atoms with Gasteiger partial charge in [-0.25, -0.2) is 10.1 Å². The number of H-pyrrole nitrogens is 1. The van der Waals surface area contributed by atoms with E-state index in [2.05, 4.69) is 25.5 Å². The van der Waals surface area contributed by atoms with E-state index in [1.807, 2.05) is 0 Å². The molecule has 2 aromatic heterocycles. The molecule has 2 heterocycles. The average molecular weight is 418 g/mol. The van der Waals surface area contributed by atoms with Gasteiger partial charge in [0, 0.05) is 23.0 Å². The van der Waals surface area contributed by atoms with Gasteiger partial charge < -0.3 is 15.6 Å². The van der Waals surface area contributed by atoms with Crippen LogP contribution in [0.2, 0.25) is 5.02 Å². The zero-order valence-electron chi connectivity index (χ0n) is 13.0. The molecular formula is C14H9ClF3N6O2S-. The molecule has 1 unspecified atom stereocenters. The molecule has 0 aliphatic heterocycles. The number of hydrogen-bond donors (Lipinski definition) is 3. The van der Waals surface area contributed by atoms with Crippen LogP contribution in [0.15, 0.2) is 35.5 Å². The molecule has 13 heteroatoms. The normalized spacial score (nSPS) is 12.8. The van der Waals surface area contributed by atoms with Gasteiger partial charge in [-0.3, -0.25) is 4.21 Å². The minimum atomic E-state index is -4.74. The number of rotatable bonds is 4. The van der Waals surface area contributed by atoms with Crippen LogP contribution in [0, 0.1) is 0 Å². The molecule has 8 nitrogen and oxygen atoms in total. The first-order valence-corrected chi connectivity index (χ1v) is 8.52. The van der Waals surface area contributed by atoms with Crippen LogP contribution in [-0.2, 0) is 17.3 Å². The Labute approximate surface area is 157 Å². The van der Waals surface area contributed by atoms with Gasteiger partial charge in [0.05, 0.1) is 10.6 Å². The van der Waals surface area contributed by atoms with Crippen LogP contribution in [0.4, 0.5) is 30.8 Å². The highest BCUT2D eigenvalue weighted by Gasteiger charge is 2.35. The molecule has 0 saturated carbocycles. The summed E-state index contributed by atoms with van der Waals surface area (Å²) in [6.07, 6.45) is -3.74. The average Bonchev–Trinajstić information content (AvgIpc) is 2.98. The van der Waals surface area contributed by atoms with Crippen molar-refractivity contribution >= 4 is 40.3 Å². The third kappa shape index (κ3) is 4.18. The molecular weight excluding hydrogens is 409 g/mol. The van der Waals surface area contributed by atoms with Crippen molar-refractivity contribution in [3.8, 4) is 11.1 Å². The zero-order chi connectivity index (χ0) is 19.8. The van der Waals surface area contributed by atoms with Crippen LogP contribution in [0.1, 0.15) is 5.56 Å². The smallest absolute Gasteiger partial charge is 0.417 e. The van der Waals surface area contributed by atoms with E-state index in [9.17, 15) is 21.9 Å². The van der Waals surface area contributed by atoms with E-state index >= 15 is 0 Å². The summed E-state index contributed by atoms with van der Waals surface area (Å²) >= 11 is 3.49. The number of alkyl halides is 3. The molecule has 142 valence electrons. The van der Waals surface area contributed by atoms with E-state index in [-0.39, 0.29) is 38.8 Å². The lowest BCUT2D eigenvalue weighted by atomic mass is 9.99. The molecule has 3 aromatic rings. The van der Waals surface area contributed by atoms with Crippen LogP contribution < -0.4 is 11.1 Å². The maximum atomic E-state index is 13.6. The van der Waals surface area contributed by atoms with E-state index in [1.165, 1.54) is 12.1 Å². The summed E-state index contributed by atoms with van der Waals surface area (Å²) in [5, 5.41) is 8.05. The van der Waals surface area contributed by atoms with Crippen LogP contribution in [0.5, 0.6) is 0 Å². The fourth-order valence-electron chi connectivity index (χ4n) is 2.28. The fourth-order valence-corrected chi connectivity index (χ4v) is 2.93. The predicted molar refractivity (Wildman–Crippen MR) is 90.9 cm³/mol. The monoisotopic (exact) mass is 417 g/mol. The summed E-state index contributed by atoms with van der Waals surface area (Å²) in [7, 11) is 0. The number of pyridine rings is 1. The largest absolute Gasteiger partial charge is 0.767 e. The standard InChI is InChI=1S/C14H10ClF3N6O2S/c15-9-4-7(21-13-22-12(19)23-24-13)3-8(14(16,17)18)11(9)6-1-2-10(20-5-6)27(25)26/h1-5H,(H,25,26)(H4,19,21,22,23,24)/p-1. The van der Waals surface area contributed by atoms with E-state index < -0.39 is 22.8 Å². The Bertz CT molecular complexity index is 1010. The maximum Gasteiger partial charge on any atom is 0.417 e. The number of benzene rings is 1. The highest BCUT2D eigenvalue weighted by Crippen LogP contribution is 2.43. The number of nitrogen functional groups attached to an aromatic ring is 1. The first kappa shape index (κ1) is 19.1. The molecule has 1 atom stereocenters. The molecule has 0 bridgehead atoms. The Morgan fingerprint density at radius 2 is 2.04 bits per heavy atom. The van der Waals surface area contributed by atoms with Crippen molar-refractivity contribution in [3.63, 3.8) is 0 Å².